The molecule has 0 atom stereocenters. The van der Waals surface area contributed by atoms with Crippen LogP contribution < -0.4 is 4.74 Å². The van der Waals surface area contributed by atoms with Gasteiger partial charge in [0.15, 0.2) is 5.78 Å². The third-order valence-corrected chi connectivity index (χ3v) is 2.59. The monoisotopic (exact) mass is 258 g/mol. The third-order valence-electron chi connectivity index (χ3n) is 2.59. The number of carbonyl (C=O) groups excluding carboxylic acids is 1. The first-order valence-corrected chi connectivity index (χ1v) is 6.13. The first-order chi connectivity index (χ1) is 9.06. The maximum atomic E-state index is 12.8. The van der Waals surface area contributed by atoms with Gasteiger partial charge in [0.1, 0.15) is 11.6 Å². The number of ether oxygens (including phenoxy) is 1. The topological polar surface area (TPSA) is 26.3 Å². The molecule has 0 aliphatic carbocycles. The van der Waals surface area contributed by atoms with Crippen LogP contribution in [-0.4, -0.2) is 11.9 Å². The Morgan fingerprint density at radius 2 is 1.42 bits per heavy atom. The number of carbonyl (C=O) groups is 1. The molecule has 0 saturated carbocycles. The normalized spacial score (nSPS) is 10.5. The van der Waals surface area contributed by atoms with E-state index in [1.54, 1.807) is 24.3 Å². The van der Waals surface area contributed by atoms with Crippen LogP contribution in [-0.2, 0) is 0 Å². The summed E-state index contributed by atoms with van der Waals surface area (Å²) in [6.07, 6.45) is 0.0960. The molecule has 0 saturated heterocycles. The first-order valence-electron chi connectivity index (χ1n) is 6.13. The van der Waals surface area contributed by atoms with E-state index in [9.17, 15) is 9.18 Å². The molecule has 0 fully saturated rings. The van der Waals surface area contributed by atoms with Crippen molar-refractivity contribution in [3.63, 3.8) is 0 Å². The van der Waals surface area contributed by atoms with Crippen LogP contribution in [0.2, 0.25) is 0 Å². The Morgan fingerprint density at radius 3 is 1.89 bits per heavy atom. The van der Waals surface area contributed by atoms with Crippen LogP contribution in [0, 0.1) is 5.82 Å². The van der Waals surface area contributed by atoms with Crippen molar-refractivity contribution < 1.29 is 13.9 Å². The Labute approximate surface area is 111 Å². The van der Waals surface area contributed by atoms with Crippen molar-refractivity contribution in [2.75, 3.05) is 0 Å². The van der Waals surface area contributed by atoms with Crippen molar-refractivity contribution in [2.45, 2.75) is 20.0 Å². The maximum Gasteiger partial charge on any atom is 0.193 e. The molecule has 0 bridgehead atoms. The second-order valence-electron chi connectivity index (χ2n) is 4.53. The van der Waals surface area contributed by atoms with Gasteiger partial charge in [0.2, 0.25) is 0 Å². The van der Waals surface area contributed by atoms with Crippen molar-refractivity contribution in [1.29, 1.82) is 0 Å². The molecule has 0 aliphatic rings. The van der Waals surface area contributed by atoms with Gasteiger partial charge in [-0.05, 0) is 62.4 Å². The third kappa shape index (κ3) is 3.41. The van der Waals surface area contributed by atoms with Crippen LogP contribution in [0.15, 0.2) is 48.5 Å². The molecule has 3 heteroatoms. The fraction of sp³-hybridized carbons (Fsp3) is 0.188. The number of rotatable bonds is 4. The molecule has 19 heavy (non-hydrogen) atoms. The van der Waals surface area contributed by atoms with E-state index in [1.807, 2.05) is 13.8 Å². The minimum atomic E-state index is -0.350. The largest absolute Gasteiger partial charge is 0.491 e. The van der Waals surface area contributed by atoms with E-state index in [-0.39, 0.29) is 17.7 Å². The summed E-state index contributed by atoms with van der Waals surface area (Å²) in [6, 6.07) is 12.5. The Morgan fingerprint density at radius 1 is 0.947 bits per heavy atom. The van der Waals surface area contributed by atoms with E-state index < -0.39 is 0 Å². The molecule has 0 aliphatic heterocycles. The van der Waals surface area contributed by atoms with Gasteiger partial charge in [-0.2, -0.15) is 0 Å². The zero-order valence-electron chi connectivity index (χ0n) is 10.9. The van der Waals surface area contributed by atoms with E-state index in [0.29, 0.717) is 11.1 Å². The number of hydrogen-bond donors (Lipinski definition) is 0. The lowest BCUT2D eigenvalue weighted by atomic mass is 10.0. The fourth-order valence-electron chi connectivity index (χ4n) is 1.72. The van der Waals surface area contributed by atoms with E-state index in [2.05, 4.69) is 0 Å². The summed E-state index contributed by atoms with van der Waals surface area (Å²) < 4.78 is 18.3. The Kier molecular flexibility index (Phi) is 3.95. The van der Waals surface area contributed by atoms with Crippen LogP contribution in [0.4, 0.5) is 4.39 Å². The standard InChI is InChI=1S/C16H15FO2/c1-11(2)19-15-9-5-13(6-10-15)16(18)12-3-7-14(17)8-4-12/h3-11H,1-2H3. The van der Waals surface area contributed by atoms with Crippen molar-refractivity contribution in [1.82, 2.24) is 0 Å². The highest BCUT2D eigenvalue weighted by Crippen LogP contribution is 2.16. The molecule has 98 valence electrons. The molecule has 0 spiro atoms. The molecule has 2 aromatic rings. The smallest absolute Gasteiger partial charge is 0.193 e. The predicted molar refractivity (Wildman–Crippen MR) is 72.0 cm³/mol. The molecule has 0 N–H and O–H groups in total. The van der Waals surface area contributed by atoms with E-state index in [4.69, 9.17) is 4.74 Å². The fourth-order valence-corrected chi connectivity index (χ4v) is 1.72. The summed E-state index contributed by atoms with van der Waals surface area (Å²) in [5.74, 6) is 0.249. The molecule has 2 rings (SSSR count). The molecular formula is C16H15FO2. The second kappa shape index (κ2) is 5.65. The lowest BCUT2D eigenvalue weighted by Crippen LogP contribution is -2.06. The maximum absolute atomic E-state index is 12.8. The zero-order valence-corrected chi connectivity index (χ0v) is 10.9. The van der Waals surface area contributed by atoms with Crippen LogP contribution in [0.1, 0.15) is 29.8 Å². The van der Waals surface area contributed by atoms with Gasteiger partial charge in [0.25, 0.3) is 0 Å². The van der Waals surface area contributed by atoms with Gasteiger partial charge in [0.05, 0.1) is 6.10 Å². The summed E-state index contributed by atoms with van der Waals surface area (Å²) in [4.78, 5) is 12.1. The first kappa shape index (κ1) is 13.3. The lowest BCUT2D eigenvalue weighted by molar-refractivity contribution is 0.103. The van der Waals surface area contributed by atoms with Gasteiger partial charge < -0.3 is 4.74 Å². The number of hydrogen-bond acceptors (Lipinski definition) is 2. The SMILES string of the molecule is CC(C)Oc1ccc(C(=O)c2ccc(F)cc2)cc1. The molecule has 0 aromatic heterocycles. The van der Waals surface area contributed by atoms with Crippen LogP contribution >= 0.6 is 0 Å². The molecule has 0 heterocycles. The van der Waals surface area contributed by atoms with Crippen molar-refractivity contribution in [3.8, 4) is 5.75 Å². The molecular weight excluding hydrogens is 243 g/mol. The molecule has 0 radical (unpaired) electrons. The summed E-state index contributed by atoms with van der Waals surface area (Å²) >= 11 is 0. The van der Waals surface area contributed by atoms with Gasteiger partial charge in [0, 0.05) is 11.1 Å². The predicted octanol–water partition coefficient (Wildman–Crippen LogP) is 3.84. The number of benzene rings is 2. The van der Waals surface area contributed by atoms with E-state index in [0.717, 1.165) is 5.75 Å². The Bertz CT molecular complexity index is 556. The number of halogens is 1. The van der Waals surface area contributed by atoms with Crippen molar-refractivity contribution >= 4 is 5.78 Å². The minimum Gasteiger partial charge on any atom is -0.491 e. The van der Waals surface area contributed by atoms with Gasteiger partial charge in [-0.3, -0.25) is 4.79 Å². The van der Waals surface area contributed by atoms with Gasteiger partial charge in [-0.1, -0.05) is 0 Å². The zero-order chi connectivity index (χ0) is 13.8. The van der Waals surface area contributed by atoms with Crippen LogP contribution in [0.3, 0.4) is 0 Å². The van der Waals surface area contributed by atoms with Gasteiger partial charge >= 0.3 is 0 Å². The summed E-state index contributed by atoms with van der Waals surface area (Å²) in [6.45, 7) is 3.88. The highest BCUT2D eigenvalue weighted by molar-refractivity contribution is 6.08. The molecule has 2 aromatic carbocycles. The summed E-state index contributed by atoms with van der Waals surface area (Å²) in [5, 5.41) is 0. The highest BCUT2D eigenvalue weighted by atomic mass is 19.1. The van der Waals surface area contributed by atoms with E-state index >= 15 is 0 Å². The van der Waals surface area contributed by atoms with Crippen LogP contribution in [0.5, 0.6) is 5.75 Å². The highest BCUT2D eigenvalue weighted by Gasteiger charge is 2.09. The molecule has 2 nitrogen and oxygen atoms in total. The molecule has 0 amide bonds. The Hall–Kier alpha value is -2.16. The van der Waals surface area contributed by atoms with Crippen LogP contribution in [0.25, 0.3) is 0 Å². The average Bonchev–Trinajstić information content (AvgIpc) is 2.39. The summed E-state index contributed by atoms with van der Waals surface area (Å²) in [5.41, 5.74) is 1.03. The summed E-state index contributed by atoms with van der Waals surface area (Å²) in [7, 11) is 0. The molecule has 0 unspecified atom stereocenters. The van der Waals surface area contributed by atoms with Gasteiger partial charge in [-0.25, -0.2) is 4.39 Å². The van der Waals surface area contributed by atoms with Crippen molar-refractivity contribution in [3.05, 3.63) is 65.5 Å². The van der Waals surface area contributed by atoms with Crippen molar-refractivity contribution in [2.24, 2.45) is 0 Å². The second-order valence-corrected chi connectivity index (χ2v) is 4.53. The number of ketones is 1. The minimum absolute atomic E-state index is 0.0960. The van der Waals surface area contributed by atoms with E-state index in [1.165, 1.54) is 24.3 Å². The lowest BCUT2D eigenvalue weighted by Gasteiger charge is -2.09. The quantitative estimate of drug-likeness (QED) is 0.779. The van der Waals surface area contributed by atoms with Gasteiger partial charge in [-0.15, -0.1) is 0 Å². The Balaban J connectivity index is 2.17. The average molecular weight is 258 g/mol.